The first kappa shape index (κ1) is 7.06. The molecule has 0 aromatic carbocycles. The van der Waals surface area contributed by atoms with Gasteiger partial charge in [-0.05, 0) is 19.3 Å². The van der Waals surface area contributed by atoms with Gasteiger partial charge in [0, 0.05) is 10.7 Å². The normalized spacial score (nSPS) is 21.4. The van der Waals surface area contributed by atoms with E-state index in [4.69, 9.17) is 5.11 Å². The lowest BCUT2D eigenvalue weighted by atomic mass is 10.2. The number of rotatable bonds is 3. The summed E-state index contributed by atoms with van der Waals surface area (Å²) in [5.74, 6) is -0.694. The van der Waals surface area contributed by atoms with Gasteiger partial charge in [-0.2, -0.15) is 0 Å². The Bertz CT molecular complexity index is 129. The Morgan fingerprint density at radius 2 is 2.22 bits per heavy atom. The van der Waals surface area contributed by atoms with Gasteiger partial charge in [0.15, 0.2) is 0 Å². The van der Waals surface area contributed by atoms with E-state index < -0.39 is 5.97 Å². The van der Waals surface area contributed by atoms with E-state index in [1.54, 1.807) is 0 Å². The Hall–Kier alpha value is -0.0500. The van der Waals surface area contributed by atoms with E-state index in [0.29, 0.717) is 6.42 Å². The lowest BCUT2D eigenvalue weighted by Gasteiger charge is -2.00. The number of carboxylic acid groups (broad SMARTS) is 1. The molecule has 0 saturated heterocycles. The average Bonchev–Trinajstić information content (AvgIpc) is 2.45. The number of carboxylic acids is 1. The predicted molar refractivity (Wildman–Crippen MR) is 37.8 cm³/mol. The van der Waals surface area contributed by atoms with Gasteiger partial charge in [0.25, 0.3) is 0 Å². The van der Waals surface area contributed by atoms with Crippen LogP contribution in [0.1, 0.15) is 25.7 Å². The van der Waals surface area contributed by atoms with Gasteiger partial charge in [0.05, 0.1) is 0 Å². The molecule has 0 aliphatic heterocycles. The molecule has 0 heterocycles. The number of aliphatic carboxylic acids is 1. The van der Waals surface area contributed by atoms with E-state index in [1.165, 1.54) is 0 Å². The van der Waals surface area contributed by atoms with Crippen LogP contribution >= 0.6 is 15.9 Å². The zero-order chi connectivity index (χ0) is 6.91. The maximum atomic E-state index is 10.1. The maximum Gasteiger partial charge on any atom is 0.303 e. The predicted octanol–water partition coefficient (Wildman–Crippen LogP) is 1.78. The average molecular weight is 193 g/mol. The second kappa shape index (κ2) is 2.29. The number of halogens is 1. The lowest BCUT2D eigenvalue weighted by Crippen LogP contribution is -2.02. The van der Waals surface area contributed by atoms with Crippen molar-refractivity contribution in [3.8, 4) is 0 Å². The second-order valence-electron chi connectivity index (χ2n) is 2.54. The fraction of sp³-hybridized carbons (Fsp3) is 0.833. The van der Waals surface area contributed by atoms with E-state index in [1.807, 2.05) is 0 Å². The minimum atomic E-state index is -0.694. The van der Waals surface area contributed by atoms with Gasteiger partial charge < -0.3 is 5.11 Å². The summed E-state index contributed by atoms with van der Waals surface area (Å²) in [7, 11) is 0. The summed E-state index contributed by atoms with van der Waals surface area (Å²) in [5.41, 5.74) is 0. The zero-order valence-corrected chi connectivity index (χ0v) is 6.65. The van der Waals surface area contributed by atoms with E-state index in [0.717, 1.165) is 19.3 Å². The molecule has 52 valence electrons. The third-order valence-corrected chi connectivity index (χ3v) is 2.77. The molecular formula is C6H9BrO2. The van der Waals surface area contributed by atoms with Crippen molar-refractivity contribution >= 4 is 21.9 Å². The molecule has 1 aliphatic rings. The van der Waals surface area contributed by atoms with Gasteiger partial charge in [-0.1, -0.05) is 15.9 Å². The van der Waals surface area contributed by atoms with Gasteiger partial charge in [0.2, 0.25) is 0 Å². The molecule has 1 fully saturated rings. The van der Waals surface area contributed by atoms with E-state index in [-0.39, 0.29) is 4.32 Å². The first-order chi connectivity index (χ1) is 4.12. The standard InChI is InChI=1S/C6H9BrO2/c7-6(3-4-6)2-1-5(8)9/h1-4H2,(H,8,9). The highest BCUT2D eigenvalue weighted by Gasteiger charge is 2.39. The molecular weight excluding hydrogens is 184 g/mol. The summed E-state index contributed by atoms with van der Waals surface area (Å²) in [6.07, 6.45) is 3.36. The monoisotopic (exact) mass is 192 g/mol. The quantitative estimate of drug-likeness (QED) is 0.693. The number of carbonyl (C=O) groups is 1. The third kappa shape index (κ3) is 2.35. The van der Waals surface area contributed by atoms with Crippen LogP contribution in [-0.4, -0.2) is 15.4 Å². The molecule has 1 saturated carbocycles. The van der Waals surface area contributed by atoms with Crippen LogP contribution in [-0.2, 0) is 4.79 Å². The van der Waals surface area contributed by atoms with Gasteiger partial charge in [-0.25, -0.2) is 0 Å². The number of hydrogen-bond donors (Lipinski definition) is 1. The number of alkyl halides is 1. The highest BCUT2D eigenvalue weighted by molar-refractivity contribution is 9.10. The van der Waals surface area contributed by atoms with Crippen LogP contribution in [0.25, 0.3) is 0 Å². The molecule has 2 nitrogen and oxygen atoms in total. The Balaban J connectivity index is 2.12. The highest BCUT2D eigenvalue weighted by atomic mass is 79.9. The third-order valence-electron chi connectivity index (χ3n) is 1.58. The summed E-state index contributed by atoms with van der Waals surface area (Å²) in [6.45, 7) is 0. The van der Waals surface area contributed by atoms with Crippen molar-refractivity contribution in [2.75, 3.05) is 0 Å². The minimum Gasteiger partial charge on any atom is -0.481 e. The summed E-state index contributed by atoms with van der Waals surface area (Å²) in [5, 5.41) is 8.28. The van der Waals surface area contributed by atoms with Crippen LogP contribution in [0, 0.1) is 0 Å². The summed E-state index contributed by atoms with van der Waals surface area (Å²) in [4.78, 5) is 10.1. The SMILES string of the molecule is O=C(O)CCC1(Br)CC1. The van der Waals surface area contributed by atoms with Crippen LogP contribution in [0.15, 0.2) is 0 Å². The molecule has 0 aromatic heterocycles. The molecule has 0 bridgehead atoms. The van der Waals surface area contributed by atoms with Crippen molar-refractivity contribution < 1.29 is 9.90 Å². The molecule has 0 unspecified atom stereocenters. The van der Waals surface area contributed by atoms with Crippen LogP contribution in [0.3, 0.4) is 0 Å². The first-order valence-corrected chi connectivity index (χ1v) is 3.82. The van der Waals surface area contributed by atoms with Crippen molar-refractivity contribution in [3.63, 3.8) is 0 Å². The van der Waals surface area contributed by atoms with E-state index >= 15 is 0 Å². The van der Waals surface area contributed by atoms with Crippen LogP contribution in [0.5, 0.6) is 0 Å². The van der Waals surface area contributed by atoms with Gasteiger partial charge in [0.1, 0.15) is 0 Å². The molecule has 1 N–H and O–H groups in total. The zero-order valence-electron chi connectivity index (χ0n) is 5.06. The molecule has 3 heteroatoms. The fourth-order valence-electron chi connectivity index (χ4n) is 0.717. The van der Waals surface area contributed by atoms with Gasteiger partial charge in [-0.3, -0.25) is 4.79 Å². The van der Waals surface area contributed by atoms with Crippen molar-refractivity contribution in [2.24, 2.45) is 0 Å². The maximum absolute atomic E-state index is 10.1. The molecule has 0 amide bonds. The minimum absolute atomic E-state index is 0.214. The number of hydrogen-bond acceptors (Lipinski definition) is 1. The molecule has 1 rings (SSSR count). The van der Waals surface area contributed by atoms with Gasteiger partial charge >= 0.3 is 5.97 Å². The van der Waals surface area contributed by atoms with Crippen molar-refractivity contribution in [3.05, 3.63) is 0 Å². The molecule has 9 heavy (non-hydrogen) atoms. The smallest absolute Gasteiger partial charge is 0.303 e. The van der Waals surface area contributed by atoms with Crippen molar-refractivity contribution in [2.45, 2.75) is 30.0 Å². The Morgan fingerprint density at radius 3 is 2.56 bits per heavy atom. The molecule has 0 aromatic rings. The second-order valence-corrected chi connectivity index (χ2v) is 4.23. The Kier molecular flexibility index (Phi) is 1.80. The molecule has 0 atom stereocenters. The van der Waals surface area contributed by atoms with Crippen molar-refractivity contribution in [1.29, 1.82) is 0 Å². The fourth-order valence-corrected chi connectivity index (χ4v) is 1.11. The van der Waals surface area contributed by atoms with Crippen LogP contribution in [0.2, 0.25) is 0 Å². The summed E-state index contributed by atoms with van der Waals surface area (Å²) >= 11 is 3.45. The Labute approximate surface area is 62.4 Å². The molecule has 1 aliphatic carbocycles. The Morgan fingerprint density at radius 1 is 1.67 bits per heavy atom. The summed E-state index contributed by atoms with van der Waals surface area (Å²) < 4.78 is 0.214. The van der Waals surface area contributed by atoms with E-state index in [9.17, 15) is 4.79 Å². The summed E-state index contributed by atoms with van der Waals surface area (Å²) in [6, 6.07) is 0. The van der Waals surface area contributed by atoms with Crippen LogP contribution < -0.4 is 0 Å². The highest BCUT2D eigenvalue weighted by Crippen LogP contribution is 2.48. The molecule has 0 radical (unpaired) electrons. The molecule has 0 spiro atoms. The topological polar surface area (TPSA) is 37.3 Å². The first-order valence-electron chi connectivity index (χ1n) is 3.03. The largest absolute Gasteiger partial charge is 0.481 e. The lowest BCUT2D eigenvalue weighted by molar-refractivity contribution is -0.137. The van der Waals surface area contributed by atoms with Crippen molar-refractivity contribution in [1.82, 2.24) is 0 Å². The van der Waals surface area contributed by atoms with Gasteiger partial charge in [-0.15, -0.1) is 0 Å². The van der Waals surface area contributed by atoms with E-state index in [2.05, 4.69) is 15.9 Å². The van der Waals surface area contributed by atoms with Crippen LogP contribution in [0.4, 0.5) is 0 Å².